The zero-order chi connectivity index (χ0) is 19.8. The maximum atomic E-state index is 13.1. The molecule has 5 heteroatoms. The van der Waals surface area contributed by atoms with Crippen LogP contribution in [0.25, 0.3) is 0 Å². The Balaban J connectivity index is 1.68. The zero-order valence-electron chi connectivity index (χ0n) is 17.3. The highest BCUT2D eigenvalue weighted by Gasteiger charge is 2.32. The summed E-state index contributed by atoms with van der Waals surface area (Å²) in [4.78, 5) is 29.3. The number of nitrogens with zero attached hydrogens (tertiary/aromatic N) is 2. The van der Waals surface area contributed by atoms with Crippen LogP contribution >= 0.6 is 0 Å². The molecule has 2 heterocycles. The summed E-state index contributed by atoms with van der Waals surface area (Å²) >= 11 is 0. The van der Waals surface area contributed by atoms with Crippen LogP contribution in [-0.4, -0.2) is 60.5 Å². The Labute approximate surface area is 162 Å². The predicted octanol–water partition coefficient (Wildman–Crippen LogP) is 3.06. The lowest BCUT2D eigenvalue weighted by molar-refractivity contribution is -0.142. The number of carbonyl (C=O) groups excluding carboxylic acids is 2. The number of rotatable bonds is 2. The fourth-order valence-corrected chi connectivity index (χ4v) is 4.00. The van der Waals surface area contributed by atoms with Gasteiger partial charge < -0.3 is 14.5 Å². The zero-order valence-corrected chi connectivity index (χ0v) is 17.3. The van der Waals surface area contributed by atoms with Crippen LogP contribution < -0.4 is 0 Å². The minimum Gasteiger partial charge on any atom is -0.368 e. The summed E-state index contributed by atoms with van der Waals surface area (Å²) in [5.74, 6) is 0.163. The fraction of sp³-hybridized carbons (Fsp3) is 0.636. The smallest absolute Gasteiger partial charge is 0.254 e. The summed E-state index contributed by atoms with van der Waals surface area (Å²) in [7, 11) is 0. The lowest BCUT2D eigenvalue weighted by Crippen LogP contribution is -2.53. The predicted molar refractivity (Wildman–Crippen MR) is 106 cm³/mol. The van der Waals surface area contributed by atoms with E-state index in [1.54, 1.807) is 0 Å². The average Bonchev–Trinajstić information content (AvgIpc) is 3.14. The SMILES string of the molecule is Cc1cc(C(C)(C)C)cc(C)c1C(=O)N1CCN(C(=O)C2CCCO2)CC1. The molecule has 0 aromatic heterocycles. The molecule has 148 valence electrons. The number of hydrogen-bond donors (Lipinski definition) is 0. The molecule has 2 saturated heterocycles. The van der Waals surface area contributed by atoms with E-state index in [1.165, 1.54) is 5.56 Å². The number of aryl methyl sites for hydroxylation is 2. The van der Waals surface area contributed by atoms with Gasteiger partial charge in [0.05, 0.1) is 0 Å². The fourth-order valence-electron chi connectivity index (χ4n) is 4.00. The second-order valence-electron chi connectivity index (χ2n) is 8.85. The maximum absolute atomic E-state index is 13.1. The van der Waals surface area contributed by atoms with Crippen LogP contribution in [-0.2, 0) is 14.9 Å². The van der Waals surface area contributed by atoms with Gasteiger partial charge in [0.1, 0.15) is 6.10 Å². The third-order valence-corrected chi connectivity index (χ3v) is 5.70. The second-order valence-corrected chi connectivity index (χ2v) is 8.85. The van der Waals surface area contributed by atoms with Gasteiger partial charge in [-0.15, -0.1) is 0 Å². The van der Waals surface area contributed by atoms with Gasteiger partial charge in [-0.1, -0.05) is 32.9 Å². The first kappa shape index (κ1) is 19.9. The topological polar surface area (TPSA) is 49.9 Å². The maximum Gasteiger partial charge on any atom is 0.254 e. The minimum absolute atomic E-state index is 0.0609. The van der Waals surface area contributed by atoms with Crippen molar-refractivity contribution in [3.63, 3.8) is 0 Å². The Morgan fingerprint density at radius 3 is 2.04 bits per heavy atom. The molecule has 5 nitrogen and oxygen atoms in total. The van der Waals surface area contributed by atoms with Gasteiger partial charge in [-0.2, -0.15) is 0 Å². The molecule has 2 fully saturated rings. The van der Waals surface area contributed by atoms with Crippen LogP contribution in [0.2, 0.25) is 0 Å². The summed E-state index contributed by atoms with van der Waals surface area (Å²) in [5.41, 5.74) is 4.18. The molecule has 0 aliphatic carbocycles. The highest BCUT2D eigenvalue weighted by atomic mass is 16.5. The third-order valence-electron chi connectivity index (χ3n) is 5.70. The van der Waals surface area contributed by atoms with E-state index in [4.69, 9.17) is 4.74 Å². The lowest BCUT2D eigenvalue weighted by Gasteiger charge is -2.36. The monoisotopic (exact) mass is 372 g/mol. The largest absolute Gasteiger partial charge is 0.368 e. The van der Waals surface area contributed by atoms with E-state index in [1.807, 2.05) is 23.6 Å². The molecule has 0 bridgehead atoms. The van der Waals surface area contributed by atoms with Gasteiger partial charge in [0.15, 0.2) is 0 Å². The van der Waals surface area contributed by atoms with E-state index in [9.17, 15) is 9.59 Å². The molecular weight excluding hydrogens is 340 g/mol. The number of hydrogen-bond acceptors (Lipinski definition) is 3. The Morgan fingerprint density at radius 2 is 1.56 bits per heavy atom. The molecule has 2 amide bonds. The van der Waals surface area contributed by atoms with Gasteiger partial charge in [0.2, 0.25) is 0 Å². The highest BCUT2D eigenvalue weighted by Crippen LogP contribution is 2.28. The van der Waals surface area contributed by atoms with Gasteiger partial charge in [-0.05, 0) is 48.8 Å². The van der Waals surface area contributed by atoms with Crippen molar-refractivity contribution in [2.45, 2.75) is 59.0 Å². The van der Waals surface area contributed by atoms with Crippen LogP contribution in [0.15, 0.2) is 12.1 Å². The van der Waals surface area contributed by atoms with Gasteiger partial charge in [-0.25, -0.2) is 0 Å². The average molecular weight is 373 g/mol. The second kappa shape index (κ2) is 7.63. The first-order chi connectivity index (χ1) is 12.7. The molecule has 1 atom stereocenters. The number of piperazine rings is 1. The van der Waals surface area contributed by atoms with E-state index >= 15 is 0 Å². The molecule has 27 heavy (non-hydrogen) atoms. The van der Waals surface area contributed by atoms with E-state index in [0.717, 1.165) is 29.5 Å². The van der Waals surface area contributed by atoms with Gasteiger partial charge in [-0.3, -0.25) is 9.59 Å². The number of ether oxygens (including phenoxy) is 1. The quantitative estimate of drug-likeness (QED) is 0.802. The van der Waals surface area contributed by atoms with Crippen LogP contribution in [0.4, 0.5) is 0 Å². The molecule has 0 radical (unpaired) electrons. The van der Waals surface area contributed by atoms with Crippen LogP contribution in [0.5, 0.6) is 0 Å². The van der Waals surface area contributed by atoms with E-state index < -0.39 is 0 Å². The molecular formula is C22H32N2O3. The van der Waals surface area contributed by atoms with Crippen molar-refractivity contribution in [1.82, 2.24) is 9.80 Å². The van der Waals surface area contributed by atoms with Crippen molar-refractivity contribution in [2.24, 2.45) is 0 Å². The lowest BCUT2D eigenvalue weighted by atomic mass is 9.83. The summed E-state index contributed by atoms with van der Waals surface area (Å²) in [5, 5.41) is 0. The molecule has 0 spiro atoms. The van der Waals surface area contributed by atoms with Crippen molar-refractivity contribution >= 4 is 11.8 Å². The van der Waals surface area contributed by atoms with E-state index in [-0.39, 0.29) is 23.3 Å². The highest BCUT2D eigenvalue weighted by molar-refractivity contribution is 5.97. The molecule has 0 N–H and O–H groups in total. The molecule has 1 unspecified atom stereocenters. The standard InChI is InChI=1S/C22H32N2O3/c1-15-13-17(22(3,4)5)14-16(2)19(15)21(26)24-10-8-23(9-11-24)20(25)18-7-6-12-27-18/h13-14,18H,6-12H2,1-5H3. The Bertz CT molecular complexity index is 699. The van der Waals surface area contributed by atoms with Crippen molar-refractivity contribution in [2.75, 3.05) is 32.8 Å². The van der Waals surface area contributed by atoms with Crippen molar-refractivity contribution in [1.29, 1.82) is 0 Å². The van der Waals surface area contributed by atoms with Crippen molar-refractivity contribution in [3.8, 4) is 0 Å². The summed E-state index contributed by atoms with van der Waals surface area (Å²) in [6.45, 7) is 13.6. The number of benzene rings is 1. The summed E-state index contributed by atoms with van der Waals surface area (Å²) in [6.07, 6.45) is 1.50. The summed E-state index contributed by atoms with van der Waals surface area (Å²) < 4.78 is 5.51. The third kappa shape index (κ3) is 4.18. The van der Waals surface area contributed by atoms with Crippen LogP contribution in [0.3, 0.4) is 0 Å². The Hall–Kier alpha value is -1.88. The minimum atomic E-state index is -0.276. The van der Waals surface area contributed by atoms with E-state index in [2.05, 4.69) is 32.9 Å². The van der Waals surface area contributed by atoms with E-state index in [0.29, 0.717) is 32.8 Å². The first-order valence-corrected chi connectivity index (χ1v) is 10.00. The summed E-state index contributed by atoms with van der Waals surface area (Å²) in [6, 6.07) is 4.27. The molecule has 1 aromatic rings. The van der Waals surface area contributed by atoms with Gasteiger partial charge in [0, 0.05) is 38.3 Å². The molecule has 1 aromatic carbocycles. The first-order valence-electron chi connectivity index (χ1n) is 10.00. The van der Waals surface area contributed by atoms with Crippen molar-refractivity contribution < 1.29 is 14.3 Å². The molecule has 2 aliphatic heterocycles. The molecule has 0 saturated carbocycles. The van der Waals surface area contributed by atoms with Gasteiger partial charge >= 0.3 is 0 Å². The molecule has 3 rings (SSSR count). The Morgan fingerprint density at radius 1 is 1.00 bits per heavy atom. The number of amides is 2. The van der Waals surface area contributed by atoms with Crippen LogP contribution in [0.1, 0.15) is 60.7 Å². The number of carbonyl (C=O) groups is 2. The van der Waals surface area contributed by atoms with Crippen LogP contribution in [0, 0.1) is 13.8 Å². The Kier molecular flexibility index (Phi) is 5.61. The van der Waals surface area contributed by atoms with Crippen molar-refractivity contribution in [3.05, 3.63) is 34.4 Å². The normalized spacial score (nSPS) is 20.9. The van der Waals surface area contributed by atoms with Gasteiger partial charge in [0.25, 0.3) is 11.8 Å². The molecule has 2 aliphatic rings.